The maximum Gasteiger partial charge on any atom is 0.349 e. The van der Waals surface area contributed by atoms with Crippen LogP contribution in [0, 0.1) is 5.82 Å². The van der Waals surface area contributed by atoms with Crippen molar-refractivity contribution in [2.45, 2.75) is 6.10 Å². The van der Waals surface area contributed by atoms with Gasteiger partial charge in [-0.15, -0.1) is 0 Å². The van der Waals surface area contributed by atoms with Crippen LogP contribution < -0.4 is 0 Å². The molecule has 1 atom stereocenters. The number of ether oxygens (including phenoxy) is 1. The average Bonchev–Trinajstić information content (AvgIpc) is 2.43. The van der Waals surface area contributed by atoms with E-state index in [4.69, 9.17) is 5.11 Å². The Bertz CT molecular complexity index is 427. The number of carboxylic acids is 1. The second-order valence-electron chi connectivity index (χ2n) is 2.86. The van der Waals surface area contributed by atoms with Crippen LogP contribution in [0.3, 0.4) is 0 Å². The first-order chi connectivity index (χ1) is 6.59. The van der Waals surface area contributed by atoms with Gasteiger partial charge < -0.3 is 9.84 Å². The summed E-state index contributed by atoms with van der Waals surface area (Å²) < 4.78 is 17.3. The molecule has 0 aliphatic carbocycles. The smallest absolute Gasteiger partial charge is 0.349 e. The summed E-state index contributed by atoms with van der Waals surface area (Å²) in [6.07, 6.45) is -1.38. The second-order valence-corrected chi connectivity index (χ2v) is 2.86. The summed E-state index contributed by atoms with van der Waals surface area (Å²) in [7, 11) is 0. The molecule has 1 aromatic carbocycles. The van der Waals surface area contributed by atoms with E-state index >= 15 is 0 Å². The highest BCUT2D eigenvalue weighted by atomic mass is 19.1. The van der Waals surface area contributed by atoms with Crippen molar-refractivity contribution < 1.29 is 23.8 Å². The first-order valence-electron chi connectivity index (χ1n) is 3.83. The van der Waals surface area contributed by atoms with Gasteiger partial charge in [0.05, 0.1) is 5.56 Å². The van der Waals surface area contributed by atoms with Gasteiger partial charge >= 0.3 is 11.9 Å². The number of aliphatic carboxylic acids is 1. The topological polar surface area (TPSA) is 63.6 Å². The van der Waals surface area contributed by atoms with Crippen LogP contribution in [-0.2, 0) is 9.53 Å². The number of carboxylic acid groups (broad SMARTS) is 1. The zero-order valence-electron chi connectivity index (χ0n) is 6.86. The van der Waals surface area contributed by atoms with Gasteiger partial charge in [-0.25, -0.2) is 14.0 Å². The molecule has 14 heavy (non-hydrogen) atoms. The van der Waals surface area contributed by atoms with Crippen molar-refractivity contribution in [3.8, 4) is 0 Å². The number of fused-ring (bicyclic) bond motifs is 1. The van der Waals surface area contributed by atoms with E-state index in [1.807, 2.05) is 0 Å². The lowest BCUT2D eigenvalue weighted by Gasteiger charge is -2.03. The maximum absolute atomic E-state index is 12.8. The molecule has 0 amide bonds. The highest BCUT2D eigenvalue weighted by Crippen LogP contribution is 2.30. The number of rotatable bonds is 1. The fourth-order valence-corrected chi connectivity index (χ4v) is 1.35. The number of hydrogen-bond acceptors (Lipinski definition) is 3. The maximum atomic E-state index is 12.8. The third kappa shape index (κ3) is 1.14. The summed E-state index contributed by atoms with van der Waals surface area (Å²) in [5.74, 6) is -2.62. The number of hydrogen-bond donors (Lipinski definition) is 1. The molecule has 1 aliphatic rings. The Kier molecular flexibility index (Phi) is 1.73. The normalized spacial score (nSPS) is 18.9. The number of halogens is 1. The van der Waals surface area contributed by atoms with Gasteiger partial charge in [-0.2, -0.15) is 0 Å². The van der Waals surface area contributed by atoms with E-state index in [0.717, 1.165) is 12.1 Å². The van der Waals surface area contributed by atoms with Crippen LogP contribution in [-0.4, -0.2) is 17.0 Å². The predicted octanol–water partition coefficient (Wildman–Crippen LogP) is 1.12. The van der Waals surface area contributed by atoms with Crippen LogP contribution in [0.4, 0.5) is 4.39 Å². The van der Waals surface area contributed by atoms with Gasteiger partial charge in [0.1, 0.15) is 5.82 Å². The Balaban J connectivity index is 2.56. The molecule has 0 saturated heterocycles. The minimum atomic E-state index is -1.38. The van der Waals surface area contributed by atoms with Gasteiger partial charge in [-0.1, -0.05) is 0 Å². The number of carbonyl (C=O) groups is 2. The Morgan fingerprint density at radius 1 is 1.50 bits per heavy atom. The van der Waals surface area contributed by atoms with Crippen molar-refractivity contribution in [2.24, 2.45) is 0 Å². The fourth-order valence-electron chi connectivity index (χ4n) is 1.35. The van der Waals surface area contributed by atoms with Crippen LogP contribution in [0.25, 0.3) is 0 Å². The van der Waals surface area contributed by atoms with E-state index in [9.17, 15) is 14.0 Å². The molecule has 1 N–H and O–H groups in total. The quantitative estimate of drug-likeness (QED) is 0.683. The van der Waals surface area contributed by atoms with Crippen LogP contribution in [0.5, 0.6) is 0 Å². The fraction of sp³-hybridized carbons (Fsp3) is 0.111. The monoisotopic (exact) mass is 196 g/mol. The molecule has 4 nitrogen and oxygen atoms in total. The van der Waals surface area contributed by atoms with Gasteiger partial charge in [0.25, 0.3) is 0 Å². The molecule has 0 bridgehead atoms. The van der Waals surface area contributed by atoms with Gasteiger partial charge in [0.15, 0.2) is 0 Å². The van der Waals surface area contributed by atoms with E-state index in [2.05, 4.69) is 4.74 Å². The Hall–Kier alpha value is -1.91. The van der Waals surface area contributed by atoms with Crippen molar-refractivity contribution in [1.29, 1.82) is 0 Å². The van der Waals surface area contributed by atoms with Crippen molar-refractivity contribution in [3.63, 3.8) is 0 Å². The zero-order valence-corrected chi connectivity index (χ0v) is 6.86. The lowest BCUT2D eigenvalue weighted by atomic mass is 10.1. The zero-order chi connectivity index (χ0) is 10.3. The van der Waals surface area contributed by atoms with Gasteiger partial charge in [0, 0.05) is 5.56 Å². The van der Waals surface area contributed by atoms with Gasteiger partial charge in [-0.05, 0) is 18.2 Å². The van der Waals surface area contributed by atoms with E-state index in [0.29, 0.717) is 0 Å². The summed E-state index contributed by atoms with van der Waals surface area (Å²) in [4.78, 5) is 21.7. The van der Waals surface area contributed by atoms with Crippen molar-refractivity contribution in [2.75, 3.05) is 0 Å². The molecule has 72 valence electrons. The Morgan fingerprint density at radius 3 is 2.86 bits per heavy atom. The lowest BCUT2D eigenvalue weighted by molar-refractivity contribution is -0.146. The molecule has 1 aromatic rings. The van der Waals surface area contributed by atoms with Crippen LogP contribution in [0.15, 0.2) is 18.2 Å². The Morgan fingerprint density at radius 2 is 2.21 bits per heavy atom. The third-order valence-corrected chi connectivity index (χ3v) is 1.97. The average molecular weight is 196 g/mol. The van der Waals surface area contributed by atoms with E-state index in [-0.39, 0.29) is 11.1 Å². The first kappa shape index (κ1) is 8.68. The highest BCUT2D eigenvalue weighted by molar-refractivity contribution is 5.98. The molecule has 0 saturated carbocycles. The van der Waals surface area contributed by atoms with Gasteiger partial charge in [-0.3, -0.25) is 0 Å². The van der Waals surface area contributed by atoms with E-state index < -0.39 is 23.9 Å². The van der Waals surface area contributed by atoms with Crippen molar-refractivity contribution >= 4 is 11.9 Å². The second kappa shape index (κ2) is 2.80. The number of cyclic esters (lactones) is 1. The molecule has 1 unspecified atom stereocenters. The summed E-state index contributed by atoms with van der Waals surface area (Å²) in [5.41, 5.74) is 0.182. The number of esters is 1. The Labute approximate surface area is 77.9 Å². The van der Waals surface area contributed by atoms with Crippen molar-refractivity contribution in [1.82, 2.24) is 0 Å². The van der Waals surface area contributed by atoms with E-state index in [1.165, 1.54) is 6.07 Å². The third-order valence-electron chi connectivity index (χ3n) is 1.97. The summed E-state index contributed by atoms with van der Waals surface area (Å²) in [6.45, 7) is 0. The largest absolute Gasteiger partial charge is 0.478 e. The standard InChI is InChI=1S/C9H5FO4/c10-4-1-2-5-6(3-4)7(8(11)12)14-9(5)13/h1-3,7H,(H,11,12). The van der Waals surface area contributed by atoms with E-state index in [1.54, 1.807) is 0 Å². The highest BCUT2D eigenvalue weighted by Gasteiger charge is 2.36. The first-order valence-corrected chi connectivity index (χ1v) is 3.83. The minimum Gasteiger partial charge on any atom is -0.478 e. The van der Waals surface area contributed by atoms with Gasteiger partial charge in [0.2, 0.25) is 6.10 Å². The molecule has 0 radical (unpaired) electrons. The summed E-state index contributed by atoms with van der Waals surface area (Å²) in [5, 5.41) is 8.67. The molecule has 0 spiro atoms. The number of benzene rings is 1. The minimum absolute atomic E-state index is 0.0718. The van der Waals surface area contributed by atoms with Crippen molar-refractivity contribution in [3.05, 3.63) is 35.1 Å². The predicted molar refractivity (Wildman–Crippen MR) is 42.2 cm³/mol. The van der Waals surface area contributed by atoms with Crippen LogP contribution >= 0.6 is 0 Å². The molecular weight excluding hydrogens is 191 g/mol. The summed E-state index contributed by atoms with van der Waals surface area (Å²) >= 11 is 0. The molecule has 5 heteroatoms. The lowest BCUT2D eigenvalue weighted by Crippen LogP contribution is -2.10. The molecule has 2 rings (SSSR count). The van der Waals surface area contributed by atoms with Crippen LogP contribution in [0.1, 0.15) is 22.0 Å². The summed E-state index contributed by atoms with van der Waals surface area (Å²) in [6, 6.07) is 3.30. The molecule has 0 aromatic heterocycles. The SMILES string of the molecule is O=C1OC(C(=O)O)c2cc(F)ccc21. The molecule has 0 fully saturated rings. The molecular formula is C9H5FO4. The molecule has 1 aliphatic heterocycles. The molecule has 1 heterocycles. The number of carbonyl (C=O) groups excluding carboxylic acids is 1. The van der Waals surface area contributed by atoms with Crippen LogP contribution in [0.2, 0.25) is 0 Å².